The summed E-state index contributed by atoms with van der Waals surface area (Å²) in [4.78, 5) is 0. The van der Waals surface area contributed by atoms with E-state index in [0.29, 0.717) is 0 Å². The molecule has 26 heavy (non-hydrogen) atoms. The zero-order valence-electron chi connectivity index (χ0n) is 17.1. The first-order valence-electron chi connectivity index (χ1n) is 10.4. The Kier molecular flexibility index (Phi) is 11.3. The molecule has 0 aliphatic heterocycles. The standard InChI is InChI=1S/C24H36F2/c1-5-10-19(4)13-8-14-20(11-6-2)15-9-16-21-17-23(25)22(12-7-3)24(26)18-21/h17-20H,5-6,8-11,13-16H2,1-4H3. The fraction of sp³-hybridized carbons (Fsp3) is 0.667. The molecule has 0 N–H and O–H groups in total. The molecule has 0 spiro atoms. The lowest BCUT2D eigenvalue weighted by atomic mass is 9.89. The van der Waals surface area contributed by atoms with Crippen LogP contribution in [0, 0.1) is 35.3 Å². The van der Waals surface area contributed by atoms with Gasteiger partial charge in [-0.05, 0) is 49.3 Å². The van der Waals surface area contributed by atoms with Crippen LogP contribution in [0.4, 0.5) is 8.78 Å². The highest BCUT2D eigenvalue weighted by atomic mass is 19.1. The van der Waals surface area contributed by atoms with Crippen LogP contribution in [0.2, 0.25) is 0 Å². The molecule has 2 atom stereocenters. The first-order valence-corrected chi connectivity index (χ1v) is 10.4. The van der Waals surface area contributed by atoms with Crippen molar-refractivity contribution >= 4 is 0 Å². The van der Waals surface area contributed by atoms with E-state index in [4.69, 9.17) is 0 Å². The zero-order valence-corrected chi connectivity index (χ0v) is 17.1. The van der Waals surface area contributed by atoms with E-state index in [-0.39, 0.29) is 5.56 Å². The van der Waals surface area contributed by atoms with Gasteiger partial charge in [-0.1, -0.05) is 78.1 Å². The van der Waals surface area contributed by atoms with Gasteiger partial charge in [-0.3, -0.25) is 0 Å². The third-order valence-corrected chi connectivity index (χ3v) is 5.22. The molecule has 0 saturated carbocycles. The second-order valence-electron chi connectivity index (χ2n) is 7.68. The van der Waals surface area contributed by atoms with Gasteiger partial charge in [-0.2, -0.15) is 0 Å². The van der Waals surface area contributed by atoms with Crippen molar-refractivity contribution in [1.82, 2.24) is 0 Å². The largest absolute Gasteiger partial charge is 0.206 e. The van der Waals surface area contributed by atoms with E-state index in [1.165, 1.54) is 57.1 Å². The zero-order chi connectivity index (χ0) is 19.4. The normalized spacial score (nSPS) is 13.2. The van der Waals surface area contributed by atoms with Gasteiger partial charge in [0.15, 0.2) is 0 Å². The van der Waals surface area contributed by atoms with Gasteiger partial charge < -0.3 is 0 Å². The minimum atomic E-state index is -0.538. The summed E-state index contributed by atoms with van der Waals surface area (Å²) in [6, 6.07) is 2.90. The predicted molar refractivity (Wildman–Crippen MR) is 108 cm³/mol. The van der Waals surface area contributed by atoms with Crippen LogP contribution in [0.25, 0.3) is 0 Å². The molecule has 0 aliphatic rings. The van der Waals surface area contributed by atoms with E-state index in [9.17, 15) is 8.78 Å². The molecule has 2 unspecified atom stereocenters. The van der Waals surface area contributed by atoms with Crippen LogP contribution < -0.4 is 0 Å². The molecular formula is C24H36F2. The van der Waals surface area contributed by atoms with Gasteiger partial charge in [0.1, 0.15) is 11.6 Å². The highest BCUT2D eigenvalue weighted by Gasteiger charge is 2.12. The molecule has 0 radical (unpaired) electrons. The molecule has 0 nitrogen and oxygen atoms in total. The van der Waals surface area contributed by atoms with E-state index in [0.717, 1.165) is 36.7 Å². The van der Waals surface area contributed by atoms with E-state index in [1.807, 2.05) is 0 Å². The Hall–Kier alpha value is -1.36. The van der Waals surface area contributed by atoms with Crippen LogP contribution in [0.15, 0.2) is 12.1 Å². The Bertz CT molecular complexity index is 557. The van der Waals surface area contributed by atoms with Crippen molar-refractivity contribution in [3.8, 4) is 11.8 Å². The summed E-state index contributed by atoms with van der Waals surface area (Å²) >= 11 is 0. The van der Waals surface area contributed by atoms with Crippen molar-refractivity contribution in [2.24, 2.45) is 11.8 Å². The van der Waals surface area contributed by atoms with Gasteiger partial charge in [0.25, 0.3) is 0 Å². The average Bonchev–Trinajstić information content (AvgIpc) is 2.58. The van der Waals surface area contributed by atoms with Crippen LogP contribution in [0.3, 0.4) is 0 Å². The summed E-state index contributed by atoms with van der Waals surface area (Å²) < 4.78 is 27.9. The molecule has 0 saturated heterocycles. The fourth-order valence-corrected chi connectivity index (χ4v) is 3.84. The second kappa shape index (κ2) is 12.9. The molecule has 0 bridgehead atoms. The first-order chi connectivity index (χ1) is 12.5. The van der Waals surface area contributed by atoms with Crippen LogP contribution in [0.1, 0.15) is 96.6 Å². The number of rotatable bonds is 12. The number of hydrogen-bond donors (Lipinski definition) is 0. The third kappa shape index (κ3) is 8.35. The molecule has 0 aromatic heterocycles. The number of aryl methyl sites for hydroxylation is 1. The maximum absolute atomic E-state index is 14.0. The fourth-order valence-electron chi connectivity index (χ4n) is 3.84. The Balaban J connectivity index is 2.48. The summed E-state index contributed by atoms with van der Waals surface area (Å²) in [6.07, 6.45) is 11.9. The number of benzene rings is 1. The lowest BCUT2D eigenvalue weighted by Gasteiger charge is -2.17. The SMILES string of the molecule is CC#Cc1c(F)cc(CCCC(CCC)CCCC(C)CCC)cc1F. The first kappa shape index (κ1) is 22.7. The second-order valence-corrected chi connectivity index (χ2v) is 7.68. The molecule has 146 valence electrons. The van der Waals surface area contributed by atoms with Crippen molar-refractivity contribution in [2.45, 2.75) is 91.9 Å². The lowest BCUT2D eigenvalue weighted by molar-refractivity contribution is 0.364. The lowest BCUT2D eigenvalue weighted by Crippen LogP contribution is -2.04. The van der Waals surface area contributed by atoms with Crippen molar-refractivity contribution < 1.29 is 8.78 Å². The number of hydrogen-bond acceptors (Lipinski definition) is 0. The van der Waals surface area contributed by atoms with Crippen molar-refractivity contribution in [3.63, 3.8) is 0 Å². The van der Waals surface area contributed by atoms with E-state index in [2.05, 4.69) is 32.6 Å². The van der Waals surface area contributed by atoms with Crippen LogP contribution in [-0.2, 0) is 6.42 Å². The molecule has 0 heterocycles. The van der Waals surface area contributed by atoms with Crippen LogP contribution in [-0.4, -0.2) is 0 Å². The highest BCUT2D eigenvalue weighted by molar-refractivity contribution is 5.38. The molecule has 1 aromatic carbocycles. The topological polar surface area (TPSA) is 0 Å². The van der Waals surface area contributed by atoms with Crippen molar-refractivity contribution in [2.75, 3.05) is 0 Å². The molecule has 1 rings (SSSR count). The monoisotopic (exact) mass is 362 g/mol. The van der Waals surface area contributed by atoms with Crippen molar-refractivity contribution in [3.05, 3.63) is 34.9 Å². The Labute approximate surface area is 159 Å². The maximum Gasteiger partial charge on any atom is 0.142 e. The van der Waals surface area contributed by atoms with Crippen molar-refractivity contribution in [1.29, 1.82) is 0 Å². The summed E-state index contributed by atoms with van der Waals surface area (Å²) in [6.45, 7) is 8.44. The van der Waals surface area contributed by atoms with Gasteiger partial charge in [0, 0.05) is 0 Å². The van der Waals surface area contributed by atoms with E-state index >= 15 is 0 Å². The quantitative estimate of drug-likeness (QED) is 0.334. The molecule has 0 fully saturated rings. The molecule has 2 heteroatoms. The van der Waals surface area contributed by atoms with Gasteiger partial charge in [-0.15, -0.1) is 5.92 Å². The molecule has 0 amide bonds. The Morgan fingerprint density at radius 1 is 0.885 bits per heavy atom. The van der Waals surface area contributed by atoms with Gasteiger partial charge in [0.2, 0.25) is 0 Å². The van der Waals surface area contributed by atoms with Gasteiger partial charge >= 0.3 is 0 Å². The van der Waals surface area contributed by atoms with Crippen LogP contribution >= 0.6 is 0 Å². The highest BCUT2D eigenvalue weighted by Crippen LogP contribution is 2.24. The van der Waals surface area contributed by atoms with E-state index < -0.39 is 11.6 Å². The van der Waals surface area contributed by atoms with Gasteiger partial charge in [-0.25, -0.2) is 8.78 Å². The number of halogens is 2. The summed E-state index contributed by atoms with van der Waals surface area (Å²) in [7, 11) is 0. The van der Waals surface area contributed by atoms with E-state index in [1.54, 1.807) is 6.92 Å². The minimum absolute atomic E-state index is 0.110. The van der Waals surface area contributed by atoms with Gasteiger partial charge in [0.05, 0.1) is 5.56 Å². The maximum atomic E-state index is 14.0. The smallest absolute Gasteiger partial charge is 0.142 e. The van der Waals surface area contributed by atoms with Crippen LogP contribution in [0.5, 0.6) is 0 Å². The molecular weight excluding hydrogens is 326 g/mol. The predicted octanol–water partition coefficient (Wildman–Crippen LogP) is 7.68. The Morgan fingerprint density at radius 2 is 1.50 bits per heavy atom. The summed E-state index contributed by atoms with van der Waals surface area (Å²) in [5.74, 6) is 5.57. The molecule has 1 aromatic rings. The Morgan fingerprint density at radius 3 is 2.08 bits per heavy atom. The summed E-state index contributed by atoms with van der Waals surface area (Å²) in [5.41, 5.74) is 0.634. The third-order valence-electron chi connectivity index (χ3n) is 5.22. The average molecular weight is 363 g/mol. The summed E-state index contributed by atoms with van der Waals surface area (Å²) in [5, 5.41) is 0. The molecule has 0 aliphatic carbocycles. The minimum Gasteiger partial charge on any atom is -0.206 e.